The van der Waals surface area contributed by atoms with Crippen LogP contribution in [0.25, 0.3) is 0 Å². The number of aliphatic hydroxyl groups is 1. The zero-order valence-corrected chi connectivity index (χ0v) is 15.8. The molecule has 2 aliphatic heterocycles. The van der Waals surface area contributed by atoms with Gasteiger partial charge in [0, 0.05) is 24.0 Å². The quantitative estimate of drug-likeness (QED) is 0.743. The fourth-order valence-electron chi connectivity index (χ4n) is 4.16. The standard InChI is InChI=1S/C22H24N2O4/c1-13(11-25)18-9-14-8-16(3-4-17(14)24-18)23-21(26)22(6-7-22)15-2-5-19-20(10-15)28-12-27-19/h2-5,8,10,13,18,24-25H,6-7,9,11-12H2,1H3,(H,23,26). The summed E-state index contributed by atoms with van der Waals surface area (Å²) >= 11 is 0. The molecule has 2 aromatic carbocycles. The van der Waals surface area contributed by atoms with Crippen LogP contribution >= 0.6 is 0 Å². The normalized spacial score (nSPS) is 21.6. The average Bonchev–Trinajstić information content (AvgIpc) is 3.20. The van der Waals surface area contributed by atoms with E-state index in [-0.39, 0.29) is 31.3 Å². The summed E-state index contributed by atoms with van der Waals surface area (Å²) in [6.45, 7) is 2.43. The smallest absolute Gasteiger partial charge is 0.235 e. The number of anilines is 2. The van der Waals surface area contributed by atoms with E-state index in [1.54, 1.807) is 0 Å². The summed E-state index contributed by atoms with van der Waals surface area (Å²) in [6, 6.07) is 12.0. The minimum absolute atomic E-state index is 0.0255. The molecule has 3 aliphatic rings. The number of aliphatic hydroxyl groups excluding tert-OH is 1. The Labute approximate surface area is 163 Å². The predicted molar refractivity (Wildman–Crippen MR) is 106 cm³/mol. The molecule has 0 aromatic heterocycles. The summed E-state index contributed by atoms with van der Waals surface area (Å²) in [7, 11) is 0. The van der Waals surface area contributed by atoms with Gasteiger partial charge in [0.15, 0.2) is 11.5 Å². The Kier molecular flexibility index (Phi) is 3.98. The van der Waals surface area contributed by atoms with Crippen molar-refractivity contribution in [2.24, 2.45) is 5.92 Å². The Morgan fingerprint density at radius 1 is 1.25 bits per heavy atom. The summed E-state index contributed by atoms with van der Waals surface area (Å²) < 4.78 is 10.8. The minimum Gasteiger partial charge on any atom is -0.454 e. The Morgan fingerprint density at radius 3 is 2.86 bits per heavy atom. The first kappa shape index (κ1) is 17.4. The highest BCUT2D eigenvalue weighted by Gasteiger charge is 2.51. The number of benzene rings is 2. The monoisotopic (exact) mass is 380 g/mol. The lowest BCUT2D eigenvalue weighted by Gasteiger charge is -2.17. The number of hydrogen-bond acceptors (Lipinski definition) is 5. The van der Waals surface area contributed by atoms with Crippen LogP contribution in [-0.4, -0.2) is 30.5 Å². The maximum absolute atomic E-state index is 13.1. The van der Waals surface area contributed by atoms with Gasteiger partial charge in [0.1, 0.15) is 0 Å². The van der Waals surface area contributed by atoms with Gasteiger partial charge in [-0.05, 0) is 66.6 Å². The second kappa shape index (κ2) is 6.41. The van der Waals surface area contributed by atoms with E-state index in [0.29, 0.717) is 5.75 Å². The van der Waals surface area contributed by atoms with Crippen LogP contribution in [0.15, 0.2) is 36.4 Å². The SMILES string of the molecule is CC(CO)C1Cc2cc(NC(=O)C3(c4ccc5c(c4)OCO5)CC3)ccc2N1. The van der Waals surface area contributed by atoms with Gasteiger partial charge in [-0.25, -0.2) is 0 Å². The molecule has 0 bridgehead atoms. The van der Waals surface area contributed by atoms with Crippen LogP contribution in [-0.2, 0) is 16.6 Å². The Balaban J connectivity index is 1.33. The zero-order valence-electron chi connectivity index (χ0n) is 15.8. The molecule has 6 nitrogen and oxygen atoms in total. The van der Waals surface area contributed by atoms with Crippen molar-refractivity contribution in [1.29, 1.82) is 0 Å². The van der Waals surface area contributed by atoms with E-state index >= 15 is 0 Å². The first-order valence-electron chi connectivity index (χ1n) is 9.81. The van der Waals surface area contributed by atoms with Crippen LogP contribution in [0, 0.1) is 5.92 Å². The Hall–Kier alpha value is -2.73. The largest absolute Gasteiger partial charge is 0.454 e. The average molecular weight is 380 g/mol. The van der Waals surface area contributed by atoms with Gasteiger partial charge in [0.05, 0.1) is 5.41 Å². The van der Waals surface area contributed by atoms with E-state index in [9.17, 15) is 9.90 Å². The number of ether oxygens (including phenoxy) is 2. The Bertz CT molecular complexity index is 938. The zero-order chi connectivity index (χ0) is 19.3. The molecular formula is C22H24N2O4. The van der Waals surface area contributed by atoms with Gasteiger partial charge >= 0.3 is 0 Å². The topological polar surface area (TPSA) is 79.8 Å². The molecule has 28 heavy (non-hydrogen) atoms. The molecule has 2 aromatic rings. The lowest BCUT2D eigenvalue weighted by molar-refractivity contribution is -0.118. The van der Waals surface area contributed by atoms with Crippen molar-refractivity contribution in [3.05, 3.63) is 47.5 Å². The van der Waals surface area contributed by atoms with Crippen molar-refractivity contribution in [3.63, 3.8) is 0 Å². The van der Waals surface area contributed by atoms with E-state index in [2.05, 4.69) is 10.6 Å². The lowest BCUT2D eigenvalue weighted by atomic mass is 9.94. The molecule has 2 atom stereocenters. The van der Waals surface area contributed by atoms with E-state index in [4.69, 9.17) is 9.47 Å². The first-order valence-corrected chi connectivity index (χ1v) is 9.81. The molecular weight excluding hydrogens is 356 g/mol. The van der Waals surface area contributed by atoms with Crippen molar-refractivity contribution < 1.29 is 19.4 Å². The summed E-state index contributed by atoms with van der Waals surface area (Å²) in [5.74, 6) is 1.66. The molecule has 5 rings (SSSR count). The molecule has 6 heteroatoms. The molecule has 0 saturated heterocycles. The maximum atomic E-state index is 13.1. The van der Waals surface area contributed by atoms with Gasteiger partial charge in [0.2, 0.25) is 12.7 Å². The third kappa shape index (κ3) is 2.79. The minimum atomic E-state index is -0.480. The van der Waals surface area contributed by atoms with Crippen LogP contribution in [0.5, 0.6) is 11.5 Å². The summed E-state index contributed by atoms with van der Waals surface area (Å²) in [6.07, 6.45) is 2.52. The van der Waals surface area contributed by atoms with Gasteiger partial charge < -0.3 is 25.2 Å². The second-order valence-corrected chi connectivity index (χ2v) is 8.09. The van der Waals surface area contributed by atoms with Crippen molar-refractivity contribution in [2.75, 3.05) is 24.0 Å². The van der Waals surface area contributed by atoms with Crippen molar-refractivity contribution in [3.8, 4) is 11.5 Å². The highest BCUT2D eigenvalue weighted by atomic mass is 16.7. The molecule has 3 N–H and O–H groups in total. The molecule has 0 spiro atoms. The summed E-state index contributed by atoms with van der Waals surface area (Å²) in [5, 5.41) is 16.0. The highest BCUT2D eigenvalue weighted by Crippen LogP contribution is 2.51. The van der Waals surface area contributed by atoms with Crippen LogP contribution < -0.4 is 20.1 Å². The van der Waals surface area contributed by atoms with Gasteiger partial charge in [-0.15, -0.1) is 0 Å². The number of nitrogens with one attached hydrogen (secondary N) is 2. The van der Waals surface area contributed by atoms with E-state index in [0.717, 1.165) is 42.0 Å². The van der Waals surface area contributed by atoms with Crippen molar-refractivity contribution in [2.45, 2.75) is 37.6 Å². The van der Waals surface area contributed by atoms with Crippen LogP contribution in [0.1, 0.15) is 30.9 Å². The number of carbonyl (C=O) groups excluding carboxylic acids is 1. The fourth-order valence-corrected chi connectivity index (χ4v) is 4.16. The summed E-state index contributed by atoms with van der Waals surface area (Å²) in [5.41, 5.74) is 3.58. The molecule has 1 fully saturated rings. The first-order chi connectivity index (χ1) is 13.6. The number of fused-ring (bicyclic) bond motifs is 2. The fraction of sp³-hybridized carbons (Fsp3) is 0.409. The third-order valence-corrected chi connectivity index (χ3v) is 6.23. The molecule has 2 unspecified atom stereocenters. The maximum Gasteiger partial charge on any atom is 0.235 e. The molecule has 0 radical (unpaired) electrons. The van der Waals surface area contributed by atoms with Crippen LogP contribution in [0.3, 0.4) is 0 Å². The van der Waals surface area contributed by atoms with Crippen molar-refractivity contribution >= 4 is 17.3 Å². The molecule has 2 heterocycles. The number of carbonyl (C=O) groups is 1. The van der Waals surface area contributed by atoms with E-state index < -0.39 is 5.41 Å². The lowest BCUT2D eigenvalue weighted by Crippen LogP contribution is -2.27. The third-order valence-electron chi connectivity index (χ3n) is 6.23. The van der Waals surface area contributed by atoms with Gasteiger partial charge in [-0.2, -0.15) is 0 Å². The summed E-state index contributed by atoms with van der Waals surface area (Å²) in [4.78, 5) is 13.1. The van der Waals surface area contributed by atoms with Crippen LogP contribution in [0.2, 0.25) is 0 Å². The molecule has 1 amide bonds. The second-order valence-electron chi connectivity index (χ2n) is 8.09. The van der Waals surface area contributed by atoms with E-state index in [1.165, 1.54) is 5.56 Å². The Morgan fingerprint density at radius 2 is 2.07 bits per heavy atom. The van der Waals surface area contributed by atoms with E-state index in [1.807, 2.05) is 43.3 Å². The molecule has 1 aliphatic carbocycles. The van der Waals surface area contributed by atoms with Crippen molar-refractivity contribution in [1.82, 2.24) is 0 Å². The number of hydrogen-bond donors (Lipinski definition) is 3. The molecule has 1 saturated carbocycles. The van der Waals surface area contributed by atoms with Gasteiger partial charge in [-0.1, -0.05) is 13.0 Å². The van der Waals surface area contributed by atoms with Gasteiger partial charge in [0.25, 0.3) is 0 Å². The predicted octanol–water partition coefficient (Wildman–Crippen LogP) is 3.05. The van der Waals surface area contributed by atoms with Gasteiger partial charge in [-0.3, -0.25) is 4.79 Å². The number of rotatable bonds is 5. The highest BCUT2D eigenvalue weighted by molar-refractivity contribution is 6.01. The van der Waals surface area contributed by atoms with Crippen LogP contribution in [0.4, 0.5) is 11.4 Å². The number of amides is 1. The molecule has 146 valence electrons.